The van der Waals surface area contributed by atoms with Gasteiger partial charge in [-0.25, -0.2) is 4.98 Å². The van der Waals surface area contributed by atoms with Crippen molar-refractivity contribution in [2.24, 2.45) is 0 Å². The lowest BCUT2D eigenvalue weighted by atomic mass is 9.98. The topological polar surface area (TPSA) is 81.2 Å². The molecule has 1 aromatic heterocycles. The van der Waals surface area contributed by atoms with Gasteiger partial charge in [0.2, 0.25) is 0 Å². The summed E-state index contributed by atoms with van der Waals surface area (Å²) in [5, 5.41) is 9.26. The molecule has 0 unspecified atom stereocenters. The molecule has 0 amide bonds. The Morgan fingerprint density at radius 3 is 2.50 bits per heavy atom. The van der Waals surface area contributed by atoms with Crippen LogP contribution < -0.4 is 15.2 Å². The molecule has 2 rings (SSSR count). The van der Waals surface area contributed by atoms with Crippen molar-refractivity contribution in [1.29, 1.82) is 5.26 Å². The third kappa shape index (κ3) is 2.12. The van der Waals surface area contributed by atoms with E-state index in [0.717, 1.165) is 16.9 Å². The molecule has 0 atom stereocenters. The van der Waals surface area contributed by atoms with Gasteiger partial charge in [0.25, 0.3) is 0 Å². The van der Waals surface area contributed by atoms with E-state index in [9.17, 15) is 5.26 Å². The van der Waals surface area contributed by atoms with E-state index in [2.05, 4.69) is 11.1 Å². The normalized spacial score (nSPS) is 9.90. The molecule has 2 N–H and O–H groups in total. The number of rotatable bonds is 3. The number of benzene rings is 1. The molecule has 0 saturated carbocycles. The van der Waals surface area contributed by atoms with Gasteiger partial charge in [0.15, 0.2) is 0 Å². The maximum absolute atomic E-state index is 9.26. The van der Waals surface area contributed by atoms with Gasteiger partial charge < -0.3 is 15.2 Å². The van der Waals surface area contributed by atoms with Crippen LogP contribution in [0, 0.1) is 18.3 Å². The molecule has 0 fully saturated rings. The Hall–Kier alpha value is -2.74. The van der Waals surface area contributed by atoms with Gasteiger partial charge in [0.1, 0.15) is 28.9 Å². The zero-order valence-corrected chi connectivity index (χ0v) is 11.6. The molecule has 0 aliphatic rings. The number of nitriles is 1. The van der Waals surface area contributed by atoms with Crippen LogP contribution in [0.2, 0.25) is 0 Å². The van der Waals surface area contributed by atoms with Crippen molar-refractivity contribution in [2.75, 3.05) is 20.0 Å². The first-order valence-corrected chi connectivity index (χ1v) is 6.00. The second-order valence-corrected chi connectivity index (χ2v) is 4.20. The third-order valence-corrected chi connectivity index (χ3v) is 3.16. The van der Waals surface area contributed by atoms with Crippen LogP contribution in [0.5, 0.6) is 11.5 Å². The fraction of sp³-hybridized carbons (Fsp3) is 0.200. The van der Waals surface area contributed by atoms with Crippen LogP contribution in [0.25, 0.3) is 11.1 Å². The number of methoxy groups -OCH3 is 2. The summed E-state index contributed by atoms with van der Waals surface area (Å²) >= 11 is 0. The van der Waals surface area contributed by atoms with Crippen molar-refractivity contribution < 1.29 is 9.47 Å². The number of hydrogen-bond acceptors (Lipinski definition) is 5. The molecule has 0 bridgehead atoms. The minimum Gasteiger partial charge on any atom is -0.496 e. The van der Waals surface area contributed by atoms with Crippen LogP contribution in [-0.4, -0.2) is 19.2 Å². The average molecular weight is 269 g/mol. The van der Waals surface area contributed by atoms with Gasteiger partial charge in [0, 0.05) is 22.9 Å². The highest BCUT2D eigenvalue weighted by molar-refractivity contribution is 5.80. The summed E-state index contributed by atoms with van der Waals surface area (Å²) in [6, 6.07) is 7.52. The van der Waals surface area contributed by atoms with Crippen molar-refractivity contribution in [1.82, 2.24) is 4.98 Å². The summed E-state index contributed by atoms with van der Waals surface area (Å²) in [5.41, 5.74) is 8.45. The zero-order chi connectivity index (χ0) is 14.7. The number of pyridine rings is 1. The van der Waals surface area contributed by atoms with E-state index < -0.39 is 0 Å². The lowest BCUT2D eigenvalue weighted by molar-refractivity contribution is 0.390. The van der Waals surface area contributed by atoms with Gasteiger partial charge in [-0.3, -0.25) is 0 Å². The van der Waals surface area contributed by atoms with Crippen molar-refractivity contribution >= 4 is 5.82 Å². The molecule has 0 spiro atoms. The summed E-state index contributed by atoms with van der Waals surface area (Å²) in [5.74, 6) is 1.60. The highest BCUT2D eigenvalue weighted by Crippen LogP contribution is 2.39. The molecular formula is C15H15N3O2. The summed E-state index contributed by atoms with van der Waals surface area (Å²) in [4.78, 5) is 3.94. The third-order valence-electron chi connectivity index (χ3n) is 3.16. The molecule has 0 aliphatic heterocycles. The van der Waals surface area contributed by atoms with Crippen LogP contribution in [0.1, 0.15) is 11.1 Å². The van der Waals surface area contributed by atoms with Gasteiger partial charge in [-0.1, -0.05) is 0 Å². The number of anilines is 1. The first kappa shape index (κ1) is 13.7. The Bertz CT molecular complexity index is 690. The number of nitrogens with two attached hydrogens (primary N) is 1. The number of nitrogen functional groups attached to an aromatic ring is 1. The predicted octanol–water partition coefficient (Wildman–Crippen LogP) is 2.53. The van der Waals surface area contributed by atoms with Gasteiger partial charge >= 0.3 is 0 Å². The van der Waals surface area contributed by atoms with Gasteiger partial charge in [-0.2, -0.15) is 5.26 Å². The van der Waals surface area contributed by atoms with Gasteiger partial charge in [0.05, 0.1) is 14.2 Å². The minimum absolute atomic E-state index is 0.209. The second kappa shape index (κ2) is 5.49. The van der Waals surface area contributed by atoms with E-state index in [1.54, 1.807) is 26.5 Å². The largest absolute Gasteiger partial charge is 0.496 e. The molecule has 0 aliphatic carbocycles. The van der Waals surface area contributed by atoms with E-state index in [1.165, 1.54) is 0 Å². The maximum atomic E-state index is 9.26. The minimum atomic E-state index is 0.209. The summed E-state index contributed by atoms with van der Waals surface area (Å²) in [6.45, 7) is 1.90. The molecule has 5 nitrogen and oxygen atoms in total. The van der Waals surface area contributed by atoms with Crippen LogP contribution in [0.3, 0.4) is 0 Å². The Kier molecular flexibility index (Phi) is 3.76. The lowest BCUT2D eigenvalue weighted by Crippen LogP contribution is -1.99. The molecule has 1 aromatic carbocycles. The summed E-state index contributed by atoms with van der Waals surface area (Å²) in [7, 11) is 3.19. The van der Waals surface area contributed by atoms with E-state index in [0.29, 0.717) is 16.9 Å². The van der Waals surface area contributed by atoms with E-state index in [1.807, 2.05) is 19.1 Å². The Balaban J connectivity index is 2.75. The van der Waals surface area contributed by atoms with Crippen molar-refractivity contribution in [3.8, 4) is 28.7 Å². The predicted molar refractivity (Wildman–Crippen MR) is 76.6 cm³/mol. The van der Waals surface area contributed by atoms with Gasteiger partial charge in [-0.15, -0.1) is 0 Å². The number of nitrogens with zero attached hydrogens (tertiary/aromatic N) is 2. The molecule has 2 aromatic rings. The zero-order valence-electron chi connectivity index (χ0n) is 11.6. The number of ether oxygens (including phenoxy) is 2. The van der Waals surface area contributed by atoms with Crippen LogP contribution >= 0.6 is 0 Å². The lowest BCUT2D eigenvalue weighted by Gasteiger charge is -2.15. The highest BCUT2D eigenvalue weighted by Gasteiger charge is 2.17. The van der Waals surface area contributed by atoms with Crippen molar-refractivity contribution in [2.45, 2.75) is 6.92 Å². The molecule has 1 heterocycles. The molecule has 5 heteroatoms. The average Bonchev–Trinajstić information content (AvgIpc) is 2.46. The summed E-state index contributed by atoms with van der Waals surface area (Å²) < 4.78 is 10.7. The first-order valence-electron chi connectivity index (χ1n) is 6.00. The Morgan fingerprint density at radius 2 is 1.90 bits per heavy atom. The van der Waals surface area contributed by atoms with Crippen LogP contribution in [0.15, 0.2) is 24.4 Å². The number of hydrogen-bond donors (Lipinski definition) is 1. The maximum Gasteiger partial charge on any atom is 0.141 e. The fourth-order valence-electron chi connectivity index (χ4n) is 2.19. The first-order chi connectivity index (χ1) is 9.63. The van der Waals surface area contributed by atoms with E-state index in [4.69, 9.17) is 15.2 Å². The highest BCUT2D eigenvalue weighted by atomic mass is 16.5. The SMILES string of the molecule is COc1ccc(-c2ccnc(N)c2C#N)c(OC)c1C. The van der Waals surface area contributed by atoms with E-state index in [-0.39, 0.29) is 5.82 Å². The van der Waals surface area contributed by atoms with Crippen LogP contribution in [0.4, 0.5) is 5.82 Å². The van der Waals surface area contributed by atoms with E-state index >= 15 is 0 Å². The molecule has 102 valence electrons. The molecule has 0 saturated heterocycles. The quantitative estimate of drug-likeness (QED) is 0.926. The standard InChI is InChI=1S/C15H15N3O2/c1-9-13(19-2)5-4-11(14(9)20-3)10-6-7-18-15(17)12(10)8-16/h4-7H,1-3H3,(H2,17,18). The Labute approximate surface area is 117 Å². The molecule has 0 radical (unpaired) electrons. The molecular weight excluding hydrogens is 254 g/mol. The van der Waals surface area contributed by atoms with Crippen molar-refractivity contribution in [3.05, 3.63) is 35.5 Å². The summed E-state index contributed by atoms with van der Waals surface area (Å²) in [6.07, 6.45) is 1.57. The molecule has 20 heavy (non-hydrogen) atoms. The smallest absolute Gasteiger partial charge is 0.141 e. The fourth-order valence-corrected chi connectivity index (χ4v) is 2.19. The van der Waals surface area contributed by atoms with Gasteiger partial charge in [-0.05, 0) is 25.1 Å². The monoisotopic (exact) mass is 269 g/mol. The number of aromatic nitrogens is 1. The van der Waals surface area contributed by atoms with Crippen molar-refractivity contribution in [3.63, 3.8) is 0 Å². The van der Waals surface area contributed by atoms with Crippen LogP contribution in [-0.2, 0) is 0 Å². The Morgan fingerprint density at radius 1 is 1.15 bits per heavy atom. The second-order valence-electron chi connectivity index (χ2n) is 4.20.